The fraction of sp³-hybridized carbons (Fsp3) is 0.333. The molecule has 1 amide bonds. The quantitative estimate of drug-likeness (QED) is 0.367. The van der Waals surface area contributed by atoms with Gasteiger partial charge in [-0.2, -0.15) is 5.10 Å². The summed E-state index contributed by atoms with van der Waals surface area (Å²) in [6.45, 7) is 3.90. The average molecular weight is 399 g/mol. The largest absolute Gasteiger partial charge is 0.273 e. The van der Waals surface area contributed by atoms with Gasteiger partial charge in [0, 0.05) is 10.8 Å². The van der Waals surface area contributed by atoms with Gasteiger partial charge in [0.1, 0.15) is 6.54 Å². The SMILES string of the molecule is Cc1ccc(/C=C2\CCC[C@@H]3C2=NN(C(=O)CN=[N+]=[N-])[C@@H]3c2ccc(C)cc2)cc1. The van der Waals surface area contributed by atoms with Crippen LogP contribution in [0.3, 0.4) is 0 Å². The van der Waals surface area contributed by atoms with Gasteiger partial charge in [-0.3, -0.25) is 4.79 Å². The van der Waals surface area contributed by atoms with Gasteiger partial charge in [0.2, 0.25) is 5.91 Å². The zero-order valence-electron chi connectivity index (χ0n) is 17.3. The summed E-state index contributed by atoms with van der Waals surface area (Å²) in [6.07, 6.45) is 5.18. The Kier molecular flexibility index (Phi) is 5.68. The lowest BCUT2D eigenvalue weighted by Gasteiger charge is -2.29. The van der Waals surface area contributed by atoms with Crippen LogP contribution in [-0.2, 0) is 4.79 Å². The maximum atomic E-state index is 12.8. The number of rotatable bonds is 4. The number of azide groups is 1. The van der Waals surface area contributed by atoms with Gasteiger partial charge >= 0.3 is 0 Å². The number of hydrogen-bond donors (Lipinski definition) is 0. The molecular formula is C24H25N5O. The Labute approximate surface area is 176 Å². The number of fused-ring (bicyclic) bond motifs is 1. The molecule has 30 heavy (non-hydrogen) atoms. The maximum absolute atomic E-state index is 12.8. The first-order valence-electron chi connectivity index (χ1n) is 10.3. The van der Waals surface area contributed by atoms with E-state index in [-0.39, 0.29) is 24.4 Å². The lowest BCUT2D eigenvalue weighted by atomic mass is 9.77. The minimum Gasteiger partial charge on any atom is -0.273 e. The van der Waals surface area contributed by atoms with Gasteiger partial charge in [-0.1, -0.05) is 64.8 Å². The van der Waals surface area contributed by atoms with Crippen LogP contribution >= 0.6 is 0 Å². The third-order valence-electron chi connectivity index (χ3n) is 5.86. The Morgan fingerprint density at radius 3 is 2.50 bits per heavy atom. The number of amides is 1. The molecule has 2 aromatic carbocycles. The molecule has 6 nitrogen and oxygen atoms in total. The summed E-state index contributed by atoms with van der Waals surface area (Å²) in [6, 6.07) is 16.6. The monoisotopic (exact) mass is 399 g/mol. The van der Waals surface area contributed by atoms with Gasteiger partial charge in [0.25, 0.3) is 0 Å². The van der Waals surface area contributed by atoms with Crippen molar-refractivity contribution in [1.82, 2.24) is 5.01 Å². The smallest absolute Gasteiger partial charge is 0.249 e. The Balaban J connectivity index is 1.73. The van der Waals surface area contributed by atoms with Crippen LogP contribution in [0.4, 0.5) is 0 Å². The average Bonchev–Trinajstić information content (AvgIpc) is 3.15. The first-order valence-corrected chi connectivity index (χ1v) is 10.3. The molecule has 0 aromatic heterocycles. The van der Waals surface area contributed by atoms with Crippen molar-refractivity contribution in [2.45, 2.75) is 39.2 Å². The van der Waals surface area contributed by atoms with Crippen LogP contribution in [0.5, 0.6) is 0 Å². The van der Waals surface area contributed by atoms with Crippen molar-refractivity contribution < 1.29 is 4.79 Å². The highest BCUT2D eigenvalue weighted by molar-refractivity contribution is 6.08. The van der Waals surface area contributed by atoms with E-state index >= 15 is 0 Å². The van der Waals surface area contributed by atoms with E-state index in [4.69, 9.17) is 10.6 Å². The summed E-state index contributed by atoms with van der Waals surface area (Å²) in [5.41, 5.74) is 15.4. The summed E-state index contributed by atoms with van der Waals surface area (Å²) in [7, 11) is 0. The number of hydrazone groups is 1. The molecule has 0 N–H and O–H groups in total. The van der Waals surface area contributed by atoms with Crippen LogP contribution in [0.25, 0.3) is 16.5 Å². The fourth-order valence-corrected chi connectivity index (χ4v) is 4.33. The molecule has 1 aliphatic carbocycles. The van der Waals surface area contributed by atoms with Crippen LogP contribution in [0.1, 0.15) is 47.6 Å². The second-order valence-corrected chi connectivity index (χ2v) is 8.05. The Morgan fingerprint density at radius 1 is 1.17 bits per heavy atom. The molecule has 1 heterocycles. The molecule has 1 saturated carbocycles. The van der Waals surface area contributed by atoms with E-state index < -0.39 is 0 Å². The van der Waals surface area contributed by atoms with Gasteiger partial charge in [-0.05, 0) is 61.4 Å². The van der Waals surface area contributed by atoms with E-state index in [1.807, 2.05) is 6.92 Å². The summed E-state index contributed by atoms with van der Waals surface area (Å²) in [4.78, 5) is 15.6. The zero-order valence-corrected chi connectivity index (χ0v) is 17.3. The minimum absolute atomic E-state index is 0.146. The van der Waals surface area contributed by atoms with Crippen molar-refractivity contribution in [3.05, 3.63) is 86.8 Å². The van der Waals surface area contributed by atoms with E-state index in [0.29, 0.717) is 0 Å². The second-order valence-electron chi connectivity index (χ2n) is 8.05. The summed E-state index contributed by atoms with van der Waals surface area (Å²) >= 11 is 0. The molecule has 0 spiro atoms. The van der Waals surface area contributed by atoms with Crippen molar-refractivity contribution in [3.8, 4) is 0 Å². The van der Waals surface area contributed by atoms with Crippen LogP contribution in [-0.4, -0.2) is 23.2 Å². The predicted octanol–water partition coefficient (Wildman–Crippen LogP) is 5.74. The van der Waals surface area contributed by atoms with Crippen molar-refractivity contribution in [2.24, 2.45) is 16.1 Å². The van der Waals surface area contributed by atoms with Crippen molar-refractivity contribution >= 4 is 17.7 Å². The van der Waals surface area contributed by atoms with E-state index in [1.165, 1.54) is 16.7 Å². The highest BCUT2D eigenvalue weighted by Crippen LogP contribution is 2.44. The third kappa shape index (κ3) is 4.00. The Bertz CT molecular complexity index is 1050. The molecule has 2 aromatic rings. The zero-order chi connectivity index (χ0) is 21.1. The molecule has 152 valence electrons. The molecule has 0 radical (unpaired) electrons. The first-order chi connectivity index (χ1) is 14.6. The van der Waals surface area contributed by atoms with Gasteiger partial charge < -0.3 is 0 Å². The number of hydrogen-bond acceptors (Lipinski definition) is 3. The highest BCUT2D eigenvalue weighted by Gasteiger charge is 2.43. The number of nitrogens with zero attached hydrogens (tertiary/aromatic N) is 5. The fourth-order valence-electron chi connectivity index (χ4n) is 4.33. The number of aryl methyl sites for hydroxylation is 2. The van der Waals surface area contributed by atoms with Gasteiger partial charge in [0.15, 0.2) is 0 Å². The molecule has 0 bridgehead atoms. The molecular weight excluding hydrogens is 374 g/mol. The summed E-state index contributed by atoms with van der Waals surface area (Å²) < 4.78 is 0. The van der Waals surface area contributed by atoms with Crippen LogP contribution in [0.15, 0.2) is 64.3 Å². The van der Waals surface area contributed by atoms with Crippen molar-refractivity contribution in [2.75, 3.05) is 6.54 Å². The van der Waals surface area contributed by atoms with Crippen LogP contribution < -0.4 is 0 Å². The number of carbonyl (C=O) groups is 1. The Morgan fingerprint density at radius 2 is 1.83 bits per heavy atom. The van der Waals surface area contributed by atoms with Crippen LogP contribution in [0, 0.1) is 19.8 Å². The predicted molar refractivity (Wildman–Crippen MR) is 119 cm³/mol. The topological polar surface area (TPSA) is 81.4 Å². The second kappa shape index (κ2) is 8.56. The lowest BCUT2D eigenvalue weighted by molar-refractivity contribution is -0.132. The molecule has 0 unspecified atom stereocenters. The van der Waals surface area contributed by atoms with E-state index in [9.17, 15) is 4.79 Å². The number of allylic oxidation sites excluding steroid dienone is 1. The summed E-state index contributed by atoms with van der Waals surface area (Å²) in [5.74, 6) is -0.122. The molecule has 6 heteroatoms. The Hall–Kier alpha value is -3.37. The first kappa shape index (κ1) is 19.9. The van der Waals surface area contributed by atoms with E-state index in [1.54, 1.807) is 5.01 Å². The van der Waals surface area contributed by atoms with Crippen molar-refractivity contribution in [3.63, 3.8) is 0 Å². The number of carbonyl (C=O) groups excluding carboxylic acids is 1. The number of benzene rings is 2. The third-order valence-corrected chi connectivity index (χ3v) is 5.86. The normalized spacial score (nSPS) is 21.7. The van der Waals surface area contributed by atoms with Crippen LogP contribution in [0.2, 0.25) is 0 Å². The lowest BCUT2D eigenvalue weighted by Crippen LogP contribution is -2.33. The van der Waals surface area contributed by atoms with E-state index in [2.05, 4.69) is 71.6 Å². The molecule has 0 saturated heterocycles. The minimum atomic E-state index is -0.269. The summed E-state index contributed by atoms with van der Waals surface area (Å²) in [5, 5.41) is 9.81. The van der Waals surface area contributed by atoms with Crippen molar-refractivity contribution in [1.29, 1.82) is 0 Å². The standard InChI is InChI=1S/C24H25N5O/c1-16-6-10-18(11-7-16)14-20-4-3-5-21-23(20)27-29(22(30)15-26-28-25)24(21)19-12-8-17(2)9-13-19/h6-14,21,24H,3-5,15H2,1-2H3/b20-14+/t21-,24-/m1/s1. The van der Waals surface area contributed by atoms with Gasteiger partial charge in [0.05, 0.1) is 11.8 Å². The van der Waals surface area contributed by atoms with Gasteiger partial charge in [-0.25, -0.2) is 5.01 Å². The van der Waals surface area contributed by atoms with E-state index in [0.717, 1.165) is 36.1 Å². The molecule has 2 aliphatic rings. The van der Waals surface area contributed by atoms with Gasteiger partial charge in [-0.15, -0.1) is 0 Å². The maximum Gasteiger partial charge on any atom is 0.249 e. The highest BCUT2D eigenvalue weighted by atomic mass is 16.2. The molecule has 4 rings (SSSR count). The molecule has 2 atom stereocenters. The molecule has 1 aliphatic heterocycles. The molecule has 1 fully saturated rings.